The van der Waals surface area contributed by atoms with Gasteiger partial charge in [-0.05, 0) is 29.7 Å². The fourth-order valence-electron chi connectivity index (χ4n) is 1.88. The van der Waals surface area contributed by atoms with Crippen LogP contribution in [0.25, 0.3) is 6.08 Å². The first kappa shape index (κ1) is 14.9. The number of ether oxygens (including phenoxy) is 1. The molecule has 0 heterocycles. The highest BCUT2D eigenvalue weighted by atomic mass is 16.5. The lowest BCUT2D eigenvalue weighted by Crippen LogP contribution is -1.94. The summed E-state index contributed by atoms with van der Waals surface area (Å²) >= 11 is 0. The smallest absolute Gasteiger partial charge is 0.303 e. The van der Waals surface area contributed by atoms with E-state index in [1.807, 2.05) is 66.7 Å². The van der Waals surface area contributed by atoms with E-state index in [0.29, 0.717) is 13.0 Å². The standard InChI is InChI=1S/C18H18O3/c19-18(20)12-5-4-7-15-10-6-11-17(13-15)21-14-16-8-2-1-3-9-16/h1-4,6-11,13H,5,12,14H2,(H,19,20). The number of benzene rings is 2. The summed E-state index contributed by atoms with van der Waals surface area (Å²) in [6.45, 7) is 0.535. The zero-order valence-corrected chi connectivity index (χ0v) is 11.7. The Morgan fingerprint density at radius 2 is 1.90 bits per heavy atom. The molecule has 0 saturated carbocycles. The van der Waals surface area contributed by atoms with Crippen LogP contribution in [-0.4, -0.2) is 11.1 Å². The number of carboxylic acids is 1. The van der Waals surface area contributed by atoms with Crippen LogP contribution in [0.15, 0.2) is 60.7 Å². The van der Waals surface area contributed by atoms with Crippen molar-refractivity contribution in [3.05, 3.63) is 71.8 Å². The number of aliphatic carboxylic acids is 1. The molecule has 0 aliphatic rings. The van der Waals surface area contributed by atoms with E-state index >= 15 is 0 Å². The van der Waals surface area contributed by atoms with Crippen molar-refractivity contribution in [2.75, 3.05) is 0 Å². The first-order chi connectivity index (χ1) is 10.2. The predicted molar refractivity (Wildman–Crippen MR) is 83.1 cm³/mol. The summed E-state index contributed by atoms with van der Waals surface area (Å²) in [5.41, 5.74) is 2.13. The van der Waals surface area contributed by atoms with Crippen molar-refractivity contribution < 1.29 is 14.6 Å². The number of rotatable bonds is 7. The van der Waals surface area contributed by atoms with E-state index in [0.717, 1.165) is 16.9 Å². The molecule has 0 spiro atoms. The Bertz CT molecular complexity index is 603. The third kappa shape index (κ3) is 5.53. The Labute approximate surface area is 124 Å². The fraction of sp³-hybridized carbons (Fsp3) is 0.167. The predicted octanol–water partition coefficient (Wildman–Crippen LogP) is 4.14. The van der Waals surface area contributed by atoms with Gasteiger partial charge in [-0.1, -0.05) is 54.6 Å². The van der Waals surface area contributed by atoms with Crippen LogP contribution in [0.2, 0.25) is 0 Å². The maximum Gasteiger partial charge on any atom is 0.303 e. The molecular weight excluding hydrogens is 264 g/mol. The van der Waals surface area contributed by atoms with E-state index < -0.39 is 5.97 Å². The van der Waals surface area contributed by atoms with Crippen LogP contribution in [0, 0.1) is 0 Å². The highest BCUT2D eigenvalue weighted by Gasteiger charge is 1.97. The van der Waals surface area contributed by atoms with Crippen molar-refractivity contribution in [2.24, 2.45) is 0 Å². The minimum absolute atomic E-state index is 0.153. The van der Waals surface area contributed by atoms with Gasteiger partial charge in [0.05, 0.1) is 0 Å². The van der Waals surface area contributed by atoms with Gasteiger partial charge in [-0.3, -0.25) is 4.79 Å². The number of hydrogen-bond acceptors (Lipinski definition) is 2. The highest BCUT2D eigenvalue weighted by Crippen LogP contribution is 2.16. The van der Waals surface area contributed by atoms with Crippen molar-refractivity contribution >= 4 is 12.0 Å². The molecule has 0 aromatic heterocycles. The molecule has 0 aliphatic carbocycles. The molecule has 2 aromatic rings. The number of carboxylic acid groups (broad SMARTS) is 1. The summed E-state index contributed by atoms with van der Waals surface area (Å²) in [5.74, 6) is 0.0267. The lowest BCUT2D eigenvalue weighted by atomic mass is 10.1. The van der Waals surface area contributed by atoms with Gasteiger partial charge in [0.2, 0.25) is 0 Å². The van der Waals surface area contributed by atoms with Gasteiger partial charge in [0.15, 0.2) is 0 Å². The lowest BCUT2D eigenvalue weighted by molar-refractivity contribution is -0.136. The van der Waals surface area contributed by atoms with Gasteiger partial charge >= 0.3 is 5.97 Å². The van der Waals surface area contributed by atoms with Gasteiger partial charge in [-0.15, -0.1) is 0 Å². The Morgan fingerprint density at radius 1 is 1.10 bits per heavy atom. The number of allylic oxidation sites excluding steroid dienone is 1. The highest BCUT2D eigenvalue weighted by molar-refractivity contribution is 5.67. The second-order valence-electron chi connectivity index (χ2n) is 4.68. The van der Waals surface area contributed by atoms with E-state index in [1.54, 1.807) is 0 Å². The van der Waals surface area contributed by atoms with Crippen LogP contribution in [-0.2, 0) is 11.4 Å². The molecule has 0 radical (unpaired) electrons. The van der Waals surface area contributed by atoms with Crippen LogP contribution in [0.4, 0.5) is 0 Å². The summed E-state index contributed by atoms with van der Waals surface area (Å²) in [4.78, 5) is 10.4. The minimum Gasteiger partial charge on any atom is -0.489 e. The van der Waals surface area contributed by atoms with Crippen molar-refractivity contribution in [1.29, 1.82) is 0 Å². The van der Waals surface area contributed by atoms with Crippen molar-refractivity contribution in [2.45, 2.75) is 19.4 Å². The van der Waals surface area contributed by atoms with Gasteiger partial charge in [-0.25, -0.2) is 0 Å². The molecule has 2 aromatic carbocycles. The third-order valence-electron chi connectivity index (χ3n) is 2.94. The van der Waals surface area contributed by atoms with Gasteiger partial charge < -0.3 is 9.84 Å². The van der Waals surface area contributed by atoms with E-state index in [9.17, 15) is 4.79 Å². The monoisotopic (exact) mass is 282 g/mol. The minimum atomic E-state index is -0.778. The summed E-state index contributed by atoms with van der Waals surface area (Å²) in [6, 6.07) is 17.7. The summed E-state index contributed by atoms with van der Waals surface area (Å²) < 4.78 is 5.75. The first-order valence-corrected chi connectivity index (χ1v) is 6.89. The van der Waals surface area contributed by atoms with Crippen LogP contribution in [0.1, 0.15) is 24.0 Å². The molecule has 108 valence electrons. The molecule has 0 unspecified atom stereocenters. The number of carbonyl (C=O) groups is 1. The fourth-order valence-corrected chi connectivity index (χ4v) is 1.88. The van der Waals surface area contributed by atoms with Crippen molar-refractivity contribution in [1.82, 2.24) is 0 Å². The second kappa shape index (κ2) is 7.90. The van der Waals surface area contributed by atoms with Crippen LogP contribution in [0.3, 0.4) is 0 Å². The Hall–Kier alpha value is -2.55. The van der Waals surface area contributed by atoms with Crippen LogP contribution < -0.4 is 4.74 Å². The van der Waals surface area contributed by atoms with Crippen molar-refractivity contribution in [3.63, 3.8) is 0 Å². The Morgan fingerprint density at radius 3 is 2.67 bits per heavy atom. The van der Waals surface area contributed by atoms with Gasteiger partial charge in [0.1, 0.15) is 12.4 Å². The Balaban J connectivity index is 1.90. The molecule has 2 rings (SSSR count). The average Bonchev–Trinajstić information content (AvgIpc) is 2.51. The molecule has 0 atom stereocenters. The molecule has 0 amide bonds. The summed E-state index contributed by atoms with van der Waals surface area (Å²) in [6.07, 6.45) is 4.47. The maximum absolute atomic E-state index is 10.4. The molecule has 3 heteroatoms. The normalized spacial score (nSPS) is 10.7. The first-order valence-electron chi connectivity index (χ1n) is 6.89. The van der Waals surface area contributed by atoms with Gasteiger partial charge in [0.25, 0.3) is 0 Å². The van der Waals surface area contributed by atoms with Gasteiger partial charge in [0, 0.05) is 6.42 Å². The molecule has 0 fully saturated rings. The number of hydrogen-bond donors (Lipinski definition) is 1. The van der Waals surface area contributed by atoms with Crippen molar-refractivity contribution in [3.8, 4) is 5.75 Å². The quantitative estimate of drug-likeness (QED) is 0.830. The molecule has 1 N–H and O–H groups in total. The maximum atomic E-state index is 10.4. The molecule has 0 bridgehead atoms. The second-order valence-corrected chi connectivity index (χ2v) is 4.68. The third-order valence-corrected chi connectivity index (χ3v) is 2.94. The SMILES string of the molecule is O=C(O)CCC=Cc1cccc(OCc2ccccc2)c1. The van der Waals surface area contributed by atoms with Crippen LogP contribution in [0.5, 0.6) is 5.75 Å². The van der Waals surface area contributed by atoms with E-state index in [2.05, 4.69) is 0 Å². The summed E-state index contributed by atoms with van der Waals surface area (Å²) in [7, 11) is 0. The molecule has 3 nitrogen and oxygen atoms in total. The van der Waals surface area contributed by atoms with Gasteiger partial charge in [-0.2, -0.15) is 0 Å². The van der Waals surface area contributed by atoms with Crippen LogP contribution >= 0.6 is 0 Å². The molecule has 21 heavy (non-hydrogen) atoms. The topological polar surface area (TPSA) is 46.5 Å². The Kier molecular flexibility index (Phi) is 5.59. The zero-order valence-electron chi connectivity index (χ0n) is 11.7. The van der Waals surface area contributed by atoms with E-state index in [4.69, 9.17) is 9.84 Å². The average molecular weight is 282 g/mol. The lowest BCUT2D eigenvalue weighted by Gasteiger charge is -2.06. The molecular formula is C18H18O3. The zero-order chi connectivity index (χ0) is 14.9. The largest absolute Gasteiger partial charge is 0.489 e. The molecule has 0 aliphatic heterocycles. The summed E-state index contributed by atoms with van der Waals surface area (Å²) in [5, 5.41) is 8.58. The molecule has 0 saturated heterocycles. The van der Waals surface area contributed by atoms with E-state index in [1.165, 1.54) is 0 Å². The van der Waals surface area contributed by atoms with E-state index in [-0.39, 0.29) is 6.42 Å².